The average molecular weight is 225 g/mol. The Bertz CT molecular complexity index is 356. The predicted molar refractivity (Wildman–Crippen MR) is 58.7 cm³/mol. The van der Waals surface area contributed by atoms with Crippen molar-refractivity contribution in [2.45, 2.75) is 12.5 Å². The van der Waals surface area contributed by atoms with E-state index in [1.165, 1.54) is 14.2 Å². The van der Waals surface area contributed by atoms with Crippen molar-refractivity contribution in [3.05, 3.63) is 23.8 Å². The van der Waals surface area contributed by atoms with Gasteiger partial charge < -0.3 is 20.3 Å². The zero-order valence-electron chi connectivity index (χ0n) is 9.27. The Morgan fingerprint density at radius 3 is 2.19 bits per heavy atom. The highest BCUT2D eigenvalue weighted by Gasteiger charge is 2.13. The molecule has 0 aromatic heterocycles. The molecule has 0 aliphatic carbocycles. The molecule has 3 N–H and O–H groups in total. The molecule has 5 nitrogen and oxygen atoms in total. The van der Waals surface area contributed by atoms with Gasteiger partial charge in [0.05, 0.1) is 20.6 Å². The fourth-order valence-corrected chi connectivity index (χ4v) is 1.35. The van der Waals surface area contributed by atoms with Crippen molar-refractivity contribution in [1.82, 2.24) is 0 Å². The van der Waals surface area contributed by atoms with Crippen LogP contribution in [-0.2, 0) is 4.79 Å². The normalized spacial score (nSPS) is 11.9. The second-order valence-electron chi connectivity index (χ2n) is 3.35. The molecule has 1 aromatic carbocycles. The maximum atomic E-state index is 10.5. The first-order valence-electron chi connectivity index (χ1n) is 4.77. The number of nitrogens with two attached hydrogens (primary N) is 1. The van der Waals surface area contributed by atoms with Crippen LogP contribution in [0, 0.1) is 0 Å². The number of carbonyl (C=O) groups is 1. The average Bonchev–Trinajstić information content (AvgIpc) is 2.27. The Balaban J connectivity index is 2.97. The summed E-state index contributed by atoms with van der Waals surface area (Å²) >= 11 is 0. The van der Waals surface area contributed by atoms with Crippen LogP contribution in [0.4, 0.5) is 0 Å². The van der Waals surface area contributed by atoms with Gasteiger partial charge in [-0.3, -0.25) is 4.79 Å². The van der Waals surface area contributed by atoms with Crippen molar-refractivity contribution in [2.75, 3.05) is 14.2 Å². The van der Waals surface area contributed by atoms with Gasteiger partial charge in [-0.2, -0.15) is 0 Å². The second kappa shape index (κ2) is 5.37. The number of hydrogen-bond acceptors (Lipinski definition) is 4. The van der Waals surface area contributed by atoms with E-state index >= 15 is 0 Å². The number of aliphatic carboxylic acids is 1. The molecule has 1 unspecified atom stereocenters. The van der Waals surface area contributed by atoms with Gasteiger partial charge in [0.1, 0.15) is 11.5 Å². The third kappa shape index (κ3) is 3.13. The lowest BCUT2D eigenvalue weighted by molar-refractivity contribution is -0.137. The number of benzene rings is 1. The van der Waals surface area contributed by atoms with E-state index in [9.17, 15) is 4.79 Å². The van der Waals surface area contributed by atoms with E-state index in [1.807, 2.05) is 0 Å². The maximum Gasteiger partial charge on any atom is 0.305 e. The number of methoxy groups -OCH3 is 2. The summed E-state index contributed by atoms with van der Waals surface area (Å²) in [6, 6.07) is 4.55. The maximum absolute atomic E-state index is 10.5. The summed E-state index contributed by atoms with van der Waals surface area (Å²) in [6.45, 7) is 0. The minimum atomic E-state index is -0.936. The number of ether oxygens (including phenoxy) is 2. The highest BCUT2D eigenvalue weighted by molar-refractivity contribution is 5.68. The van der Waals surface area contributed by atoms with Gasteiger partial charge in [-0.1, -0.05) is 0 Å². The van der Waals surface area contributed by atoms with Gasteiger partial charge in [0.15, 0.2) is 0 Å². The van der Waals surface area contributed by atoms with Gasteiger partial charge in [0.25, 0.3) is 0 Å². The van der Waals surface area contributed by atoms with Crippen LogP contribution >= 0.6 is 0 Å². The van der Waals surface area contributed by atoms with Crippen LogP contribution in [0.3, 0.4) is 0 Å². The van der Waals surface area contributed by atoms with Crippen molar-refractivity contribution in [2.24, 2.45) is 5.73 Å². The number of hydrogen-bond donors (Lipinski definition) is 2. The molecule has 0 aliphatic rings. The third-order valence-corrected chi connectivity index (χ3v) is 2.20. The molecular weight excluding hydrogens is 210 g/mol. The van der Waals surface area contributed by atoms with Crippen LogP contribution in [0.5, 0.6) is 11.5 Å². The largest absolute Gasteiger partial charge is 0.497 e. The Kier molecular flexibility index (Phi) is 4.13. The summed E-state index contributed by atoms with van der Waals surface area (Å²) < 4.78 is 10.1. The van der Waals surface area contributed by atoms with Gasteiger partial charge in [-0.15, -0.1) is 0 Å². The van der Waals surface area contributed by atoms with Crippen LogP contribution in [0.25, 0.3) is 0 Å². The van der Waals surface area contributed by atoms with E-state index in [1.54, 1.807) is 18.2 Å². The minimum Gasteiger partial charge on any atom is -0.497 e. The van der Waals surface area contributed by atoms with Crippen LogP contribution in [0.1, 0.15) is 18.0 Å². The Labute approximate surface area is 93.8 Å². The van der Waals surface area contributed by atoms with E-state index in [0.29, 0.717) is 17.1 Å². The molecule has 0 spiro atoms. The van der Waals surface area contributed by atoms with E-state index < -0.39 is 12.0 Å². The molecule has 16 heavy (non-hydrogen) atoms. The van der Waals surface area contributed by atoms with Crippen molar-refractivity contribution >= 4 is 5.97 Å². The summed E-state index contributed by atoms with van der Waals surface area (Å²) in [5.74, 6) is 0.250. The van der Waals surface area contributed by atoms with Gasteiger partial charge >= 0.3 is 5.97 Å². The molecule has 0 heterocycles. The number of carboxylic acids is 1. The standard InChI is InChI=1S/C11H15NO4/c1-15-8-3-7(4-9(5-8)16-2)10(12)6-11(13)14/h3-5,10H,6,12H2,1-2H3,(H,13,14). The van der Waals surface area contributed by atoms with E-state index in [0.717, 1.165) is 0 Å². The fourth-order valence-electron chi connectivity index (χ4n) is 1.35. The molecule has 0 saturated carbocycles. The highest BCUT2D eigenvalue weighted by Crippen LogP contribution is 2.26. The molecule has 5 heteroatoms. The molecular formula is C11H15NO4. The Hall–Kier alpha value is -1.75. The van der Waals surface area contributed by atoms with Crippen molar-refractivity contribution in [1.29, 1.82) is 0 Å². The monoisotopic (exact) mass is 225 g/mol. The molecule has 88 valence electrons. The first-order valence-corrected chi connectivity index (χ1v) is 4.77. The lowest BCUT2D eigenvalue weighted by Crippen LogP contribution is -2.15. The lowest BCUT2D eigenvalue weighted by Gasteiger charge is -2.12. The van der Waals surface area contributed by atoms with Gasteiger partial charge in [-0.05, 0) is 17.7 Å². The smallest absolute Gasteiger partial charge is 0.305 e. The van der Waals surface area contributed by atoms with Crippen LogP contribution in [-0.4, -0.2) is 25.3 Å². The minimum absolute atomic E-state index is 0.129. The number of carboxylic acid groups (broad SMARTS) is 1. The van der Waals surface area contributed by atoms with Crippen LogP contribution in [0.15, 0.2) is 18.2 Å². The second-order valence-corrected chi connectivity index (χ2v) is 3.35. The molecule has 1 rings (SSSR count). The molecule has 0 fully saturated rings. The molecule has 1 atom stereocenters. The Morgan fingerprint density at radius 1 is 1.31 bits per heavy atom. The van der Waals surface area contributed by atoms with Crippen molar-refractivity contribution in [3.8, 4) is 11.5 Å². The van der Waals surface area contributed by atoms with Crippen LogP contribution < -0.4 is 15.2 Å². The summed E-state index contributed by atoms with van der Waals surface area (Å²) in [4.78, 5) is 10.5. The highest BCUT2D eigenvalue weighted by atomic mass is 16.5. The lowest BCUT2D eigenvalue weighted by atomic mass is 10.0. The zero-order valence-corrected chi connectivity index (χ0v) is 9.27. The van der Waals surface area contributed by atoms with Gasteiger partial charge in [-0.25, -0.2) is 0 Å². The number of rotatable bonds is 5. The van der Waals surface area contributed by atoms with E-state index in [4.69, 9.17) is 20.3 Å². The van der Waals surface area contributed by atoms with E-state index in [-0.39, 0.29) is 6.42 Å². The molecule has 0 amide bonds. The van der Waals surface area contributed by atoms with Crippen molar-refractivity contribution < 1.29 is 19.4 Å². The SMILES string of the molecule is COc1cc(OC)cc(C(N)CC(=O)O)c1. The summed E-state index contributed by atoms with van der Waals surface area (Å²) in [6.07, 6.45) is -0.129. The Morgan fingerprint density at radius 2 is 1.81 bits per heavy atom. The third-order valence-electron chi connectivity index (χ3n) is 2.20. The van der Waals surface area contributed by atoms with Gasteiger partial charge in [0.2, 0.25) is 0 Å². The fraction of sp³-hybridized carbons (Fsp3) is 0.364. The first kappa shape index (κ1) is 12.3. The molecule has 0 aliphatic heterocycles. The molecule has 0 bridgehead atoms. The first-order chi connectivity index (χ1) is 7.56. The van der Waals surface area contributed by atoms with Crippen molar-refractivity contribution in [3.63, 3.8) is 0 Å². The molecule has 0 radical (unpaired) electrons. The zero-order chi connectivity index (χ0) is 12.1. The van der Waals surface area contributed by atoms with E-state index in [2.05, 4.69) is 0 Å². The molecule has 0 saturated heterocycles. The van der Waals surface area contributed by atoms with Gasteiger partial charge in [0, 0.05) is 12.1 Å². The predicted octanol–water partition coefficient (Wildman–Crippen LogP) is 1.18. The molecule has 1 aromatic rings. The summed E-state index contributed by atoms with van der Waals surface area (Å²) in [7, 11) is 3.06. The van der Waals surface area contributed by atoms with Crippen LogP contribution in [0.2, 0.25) is 0 Å². The summed E-state index contributed by atoms with van der Waals surface area (Å²) in [5.41, 5.74) is 6.43. The summed E-state index contributed by atoms with van der Waals surface area (Å²) in [5, 5.41) is 8.66. The topological polar surface area (TPSA) is 81.8 Å². The quantitative estimate of drug-likeness (QED) is 0.786.